The highest BCUT2D eigenvalue weighted by Gasteiger charge is 2.34. The molecule has 31 heavy (non-hydrogen) atoms. The third-order valence-corrected chi connectivity index (χ3v) is 6.88. The first-order valence-corrected chi connectivity index (χ1v) is 12.1. The van der Waals surface area contributed by atoms with E-state index in [1.165, 1.54) is 10.6 Å². The maximum absolute atomic E-state index is 13.2. The maximum atomic E-state index is 13.2. The fraction of sp³-hybridized carbons (Fsp3) is 0.409. The lowest BCUT2D eigenvalue weighted by Crippen LogP contribution is -2.52. The zero-order chi connectivity index (χ0) is 22.0. The van der Waals surface area contributed by atoms with Crippen LogP contribution in [0.5, 0.6) is 11.5 Å². The van der Waals surface area contributed by atoms with E-state index in [9.17, 15) is 13.2 Å². The Labute approximate surface area is 183 Å². The molecule has 4 rings (SSSR count). The lowest BCUT2D eigenvalue weighted by molar-refractivity contribution is -0.139. The number of hydrogen-bond donors (Lipinski definition) is 0. The second-order valence-corrected chi connectivity index (χ2v) is 9.62. The van der Waals surface area contributed by atoms with Gasteiger partial charge in [-0.25, -0.2) is 8.42 Å². The van der Waals surface area contributed by atoms with Gasteiger partial charge >= 0.3 is 0 Å². The van der Waals surface area contributed by atoms with Crippen molar-refractivity contribution in [2.45, 2.75) is 12.5 Å². The fourth-order valence-electron chi connectivity index (χ4n) is 4.03. The van der Waals surface area contributed by atoms with Crippen LogP contribution in [-0.2, 0) is 14.8 Å². The second-order valence-electron chi connectivity index (χ2n) is 7.71. The van der Waals surface area contributed by atoms with E-state index in [-0.39, 0.29) is 12.5 Å². The second kappa shape index (κ2) is 8.66. The van der Waals surface area contributed by atoms with E-state index in [4.69, 9.17) is 9.47 Å². The Morgan fingerprint density at radius 3 is 2.32 bits per heavy atom. The number of anilines is 2. The molecule has 0 spiro atoms. The van der Waals surface area contributed by atoms with Crippen molar-refractivity contribution < 1.29 is 22.7 Å². The molecule has 2 aliphatic heterocycles. The van der Waals surface area contributed by atoms with E-state index in [2.05, 4.69) is 4.90 Å². The lowest BCUT2D eigenvalue weighted by atomic mass is 10.2. The number of para-hydroxylation sites is 2. The Balaban J connectivity index is 1.43. The van der Waals surface area contributed by atoms with E-state index in [0.29, 0.717) is 30.9 Å². The maximum Gasteiger partial charge on any atom is 0.263 e. The summed E-state index contributed by atoms with van der Waals surface area (Å²) >= 11 is 0. The standard InChI is InChI=1S/C22H27N3O5S/c1-29-18-9-7-17(8-10-18)23-13-15-24(16-14-23)22(26)21-11-12-25(31(2,27)28)19-5-3-4-6-20(19)30-21/h3-10,21H,11-16H2,1-2H3. The molecule has 1 fully saturated rings. The van der Waals surface area contributed by atoms with Crippen LogP contribution in [0.4, 0.5) is 11.4 Å². The van der Waals surface area contributed by atoms with Gasteiger partial charge in [-0.1, -0.05) is 12.1 Å². The summed E-state index contributed by atoms with van der Waals surface area (Å²) in [6.07, 6.45) is 0.768. The predicted octanol–water partition coefficient (Wildman–Crippen LogP) is 1.96. The van der Waals surface area contributed by atoms with Gasteiger partial charge in [0.15, 0.2) is 6.10 Å². The monoisotopic (exact) mass is 445 g/mol. The fourth-order valence-corrected chi connectivity index (χ4v) is 4.98. The molecule has 0 saturated carbocycles. The minimum Gasteiger partial charge on any atom is -0.497 e. The third-order valence-electron chi connectivity index (χ3n) is 5.70. The molecule has 166 valence electrons. The van der Waals surface area contributed by atoms with E-state index >= 15 is 0 Å². The van der Waals surface area contributed by atoms with E-state index < -0.39 is 16.1 Å². The lowest BCUT2D eigenvalue weighted by Gasteiger charge is -2.37. The molecule has 2 aromatic rings. The van der Waals surface area contributed by atoms with Crippen molar-refractivity contribution in [3.8, 4) is 11.5 Å². The van der Waals surface area contributed by atoms with Crippen LogP contribution in [0.2, 0.25) is 0 Å². The first-order chi connectivity index (χ1) is 14.9. The number of ether oxygens (including phenoxy) is 2. The van der Waals surface area contributed by atoms with Crippen LogP contribution in [0, 0.1) is 0 Å². The first kappa shape index (κ1) is 21.3. The Bertz CT molecular complexity index is 1030. The summed E-state index contributed by atoms with van der Waals surface area (Å²) in [7, 11) is -1.83. The molecule has 1 amide bonds. The third kappa shape index (κ3) is 4.56. The highest BCUT2D eigenvalue weighted by atomic mass is 32.2. The number of rotatable bonds is 4. The Morgan fingerprint density at radius 2 is 1.68 bits per heavy atom. The van der Waals surface area contributed by atoms with Gasteiger partial charge in [-0.05, 0) is 36.4 Å². The van der Waals surface area contributed by atoms with Gasteiger partial charge in [0, 0.05) is 44.8 Å². The van der Waals surface area contributed by atoms with Crippen LogP contribution in [0.1, 0.15) is 6.42 Å². The summed E-state index contributed by atoms with van der Waals surface area (Å²) in [6.45, 7) is 2.82. The van der Waals surface area contributed by atoms with Gasteiger partial charge in [0.25, 0.3) is 5.91 Å². The van der Waals surface area contributed by atoms with Crippen LogP contribution in [0.15, 0.2) is 48.5 Å². The Kier molecular flexibility index (Phi) is 5.95. The number of benzene rings is 2. The van der Waals surface area contributed by atoms with Gasteiger partial charge in [-0.2, -0.15) is 0 Å². The topological polar surface area (TPSA) is 79.4 Å². The van der Waals surface area contributed by atoms with Crippen molar-refractivity contribution in [1.29, 1.82) is 0 Å². The average Bonchev–Trinajstić information content (AvgIpc) is 2.98. The van der Waals surface area contributed by atoms with Crippen LogP contribution >= 0.6 is 0 Å². The summed E-state index contributed by atoms with van der Waals surface area (Å²) in [6, 6.07) is 14.8. The summed E-state index contributed by atoms with van der Waals surface area (Å²) in [5.41, 5.74) is 1.57. The SMILES string of the molecule is COc1ccc(N2CCN(C(=O)C3CCN(S(C)(=O)=O)c4ccccc4O3)CC2)cc1. The van der Waals surface area contributed by atoms with E-state index in [0.717, 1.165) is 24.5 Å². The number of hydrogen-bond acceptors (Lipinski definition) is 6. The summed E-state index contributed by atoms with van der Waals surface area (Å²) in [4.78, 5) is 17.2. The van der Waals surface area contributed by atoms with Gasteiger partial charge in [0.05, 0.1) is 19.1 Å². The molecule has 8 nitrogen and oxygen atoms in total. The van der Waals surface area contributed by atoms with E-state index in [1.807, 2.05) is 29.2 Å². The molecular weight excluding hydrogens is 418 g/mol. The van der Waals surface area contributed by atoms with Crippen LogP contribution in [-0.4, -0.2) is 71.4 Å². The zero-order valence-corrected chi connectivity index (χ0v) is 18.5. The van der Waals surface area contributed by atoms with Crippen molar-refractivity contribution in [1.82, 2.24) is 4.90 Å². The van der Waals surface area contributed by atoms with Gasteiger partial charge < -0.3 is 19.3 Å². The number of carbonyl (C=O) groups excluding carboxylic acids is 1. The number of carbonyl (C=O) groups is 1. The minimum absolute atomic E-state index is 0.0977. The largest absolute Gasteiger partial charge is 0.497 e. The molecule has 2 aliphatic rings. The highest BCUT2D eigenvalue weighted by Crippen LogP contribution is 2.34. The number of piperazine rings is 1. The van der Waals surface area contributed by atoms with Crippen molar-refractivity contribution in [3.63, 3.8) is 0 Å². The van der Waals surface area contributed by atoms with Crippen molar-refractivity contribution in [2.75, 3.05) is 55.3 Å². The van der Waals surface area contributed by atoms with Gasteiger partial charge in [-0.3, -0.25) is 9.10 Å². The molecule has 0 N–H and O–H groups in total. The minimum atomic E-state index is -3.47. The van der Waals surface area contributed by atoms with Crippen LogP contribution in [0.25, 0.3) is 0 Å². The molecule has 1 unspecified atom stereocenters. The van der Waals surface area contributed by atoms with Crippen molar-refractivity contribution in [3.05, 3.63) is 48.5 Å². The summed E-state index contributed by atoms with van der Waals surface area (Å²) < 4.78 is 37.0. The summed E-state index contributed by atoms with van der Waals surface area (Å²) in [5.74, 6) is 1.13. The van der Waals surface area contributed by atoms with Crippen molar-refractivity contribution in [2.24, 2.45) is 0 Å². The molecule has 1 atom stereocenters. The normalized spacial score (nSPS) is 19.3. The number of nitrogens with zero attached hydrogens (tertiary/aromatic N) is 3. The number of methoxy groups -OCH3 is 1. The van der Waals surface area contributed by atoms with Gasteiger partial charge in [0.1, 0.15) is 11.5 Å². The van der Waals surface area contributed by atoms with Crippen LogP contribution in [0.3, 0.4) is 0 Å². The molecule has 0 aliphatic carbocycles. The highest BCUT2D eigenvalue weighted by molar-refractivity contribution is 7.92. The summed E-state index contributed by atoms with van der Waals surface area (Å²) in [5, 5.41) is 0. The molecule has 0 radical (unpaired) electrons. The average molecular weight is 446 g/mol. The molecule has 2 heterocycles. The number of fused-ring (bicyclic) bond motifs is 1. The number of amides is 1. The smallest absolute Gasteiger partial charge is 0.263 e. The van der Waals surface area contributed by atoms with Gasteiger partial charge in [-0.15, -0.1) is 0 Å². The molecule has 9 heteroatoms. The molecule has 0 bridgehead atoms. The number of sulfonamides is 1. The molecule has 0 aromatic heterocycles. The van der Waals surface area contributed by atoms with Crippen molar-refractivity contribution >= 4 is 27.3 Å². The van der Waals surface area contributed by atoms with Gasteiger partial charge in [0.2, 0.25) is 10.0 Å². The van der Waals surface area contributed by atoms with Crippen LogP contribution < -0.4 is 18.7 Å². The Hall–Kier alpha value is -2.94. The first-order valence-electron chi connectivity index (χ1n) is 10.3. The molecule has 2 aromatic carbocycles. The molecular formula is C22H27N3O5S. The zero-order valence-electron chi connectivity index (χ0n) is 17.7. The predicted molar refractivity (Wildman–Crippen MR) is 119 cm³/mol. The Morgan fingerprint density at radius 1 is 1.00 bits per heavy atom. The molecule has 1 saturated heterocycles. The quantitative estimate of drug-likeness (QED) is 0.716. The van der Waals surface area contributed by atoms with E-state index in [1.54, 1.807) is 31.4 Å².